The molecule has 0 spiro atoms. The largest absolute Gasteiger partial charge is 0.346 e. The number of likely N-dealkylation sites (N-methyl/N-ethyl adjacent to an activating group) is 1. The lowest BCUT2D eigenvalue weighted by molar-refractivity contribution is -0.134. The normalized spacial score (nSPS) is 21.0. The molecule has 1 saturated heterocycles. The van der Waals surface area contributed by atoms with E-state index in [2.05, 4.69) is 5.32 Å². The Hall–Kier alpha value is -0.860. The molecule has 0 aromatic heterocycles. The smallest absolute Gasteiger partial charge is 0.242 e. The van der Waals surface area contributed by atoms with Gasteiger partial charge in [-0.15, -0.1) is 12.4 Å². The Bertz CT molecular complexity index is 496. The van der Waals surface area contributed by atoms with Crippen molar-refractivity contribution in [1.29, 1.82) is 0 Å². The van der Waals surface area contributed by atoms with E-state index >= 15 is 0 Å². The molecular formula is C13H26ClN3O4S. The van der Waals surface area contributed by atoms with Gasteiger partial charge in [0.1, 0.15) is 0 Å². The molecule has 1 unspecified atom stereocenters. The van der Waals surface area contributed by atoms with Crippen LogP contribution in [-0.4, -0.2) is 61.8 Å². The summed E-state index contributed by atoms with van der Waals surface area (Å²) in [5.74, 6) is -0.530. The molecule has 0 aromatic carbocycles. The zero-order valence-corrected chi connectivity index (χ0v) is 14.9. The van der Waals surface area contributed by atoms with Crippen LogP contribution in [0.1, 0.15) is 27.2 Å². The number of nitrogens with two attached hydrogens (primary N) is 1. The highest BCUT2D eigenvalue weighted by Crippen LogP contribution is 2.17. The van der Waals surface area contributed by atoms with Crippen molar-refractivity contribution in [2.24, 2.45) is 11.7 Å². The summed E-state index contributed by atoms with van der Waals surface area (Å²) in [5.41, 5.74) is 5.70. The zero-order chi connectivity index (χ0) is 16.2. The van der Waals surface area contributed by atoms with Crippen LogP contribution < -0.4 is 11.1 Å². The highest BCUT2D eigenvalue weighted by Gasteiger charge is 2.33. The maximum Gasteiger partial charge on any atom is 0.242 e. The number of rotatable bonds is 6. The van der Waals surface area contributed by atoms with Crippen LogP contribution in [0.2, 0.25) is 0 Å². The van der Waals surface area contributed by atoms with E-state index < -0.39 is 15.9 Å². The fourth-order valence-corrected chi connectivity index (χ4v) is 4.07. The Morgan fingerprint density at radius 3 is 2.36 bits per heavy atom. The number of carbonyl (C=O) groups is 2. The summed E-state index contributed by atoms with van der Waals surface area (Å²) in [7, 11) is -3.04. The van der Waals surface area contributed by atoms with Crippen LogP contribution in [0.25, 0.3) is 0 Å². The molecule has 0 radical (unpaired) electrons. The van der Waals surface area contributed by atoms with Gasteiger partial charge in [0.25, 0.3) is 0 Å². The molecule has 9 heteroatoms. The second kappa shape index (κ2) is 8.69. The van der Waals surface area contributed by atoms with Crippen molar-refractivity contribution in [2.45, 2.75) is 39.3 Å². The lowest BCUT2D eigenvalue weighted by Crippen LogP contribution is -2.50. The third-order valence-electron chi connectivity index (χ3n) is 3.75. The van der Waals surface area contributed by atoms with Gasteiger partial charge in [-0.2, -0.15) is 0 Å². The van der Waals surface area contributed by atoms with Crippen LogP contribution in [0.4, 0.5) is 0 Å². The molecular weight excluding hydrogens is 330 g/mol. The second-order valence-electron chi connectivity index (χ2n) is 5.72. The molecule has 22 heavy (non-hydrogen) atoms. The monoisotopic (exact) mass is 355 g/mol. The van der Waals surface area contributed by atoms with Gasteiger partial charge < -0.3 is 16.0 Å². The van der Waals surface area contributed by atoms with Crippen molar-refractivity contribution in [3.63, 3.8) is 0 Å². The third-order valence-corrected chi connectivity index (χ3v) is 5.50. The van der Waals surface area contributed by atoms with E-state index in [1.54, 1.807) is 6.92 Å². The summed E-state index contributed by atoms with van der Waals surface area (Å²) in [4.78, 5) is 25.4. The molecule has 0 saturated carbocycles. The number of nitrogens with one attached hydrogen (secondary N) is 1. The van der Waals surface area contributed by atoms with Crippen LogP contribution in [0.15, 0.2) is 0 Å². The first-order valence-corrected chi connectivity index (χ1v) is 9.03. The number of hydrogen-bond acceptors (Lipinski definition) is 5. The van der Waals surface area contributed by atoms with Gasteiger partial charge in [0, 0.05) is 12.6 Å². The van der Waals surface area contributed by atoms with Crippen LogP contribution >= 0.6 is 12.4 Å². The predicted octanol–water partition coefficient (Wildman–Crippen LogP) is -0.457. The highest BCUT2D eigenvalue weighted by molar-refractivity contribution is 7.91. The highest BCUT2D eigenvalue weighted by atomic mass is 35.5. The molecule has 2 amide bonds. The van der Waals surface area contributed by atoms with Crippen LogP contribution in [0.3, 0.4) is 0 Å². The Morgan fingerprint density at radius 1 is 1.36 bits per heavy atom. The van der Waals surface area contributed by atoms with E-state index in [1.807, 2.05) is 13.8 Å². The molecule has 1 aliphatic heterocycles. The van der Waals surface area contributed by atoms with Crippen molar-refractivity contribution in [3.8, 4) is 0 Å². The number of hydrogen-bond donors (Lipinski definition) is 2. The van der Waals surface area contributed by atoms with Crippen LogP contribution in [0.5, 0.6) is 0 Å². The summed E-state index contributed by atoms with van der Waals surface area (Å²) >= 11 is 0. The van der Waals surface area contributed by atoms with Gasteiger partial charge in [0.15, 0.2) is 9.84 Å². The lowest BCUT2D eigenvalue weighted by Gasteiger charge is -2.27. The molecule has 1 rings (SSSR count). The minimum Gasteiger partial charge on any atom is -0.346 e. The van der Waals surface area contributed by atoms with Gasteiger partial charge >= 0.3 is 0 Å². The molecule has 0 aliphatic carbocycles. The van der Waals surface area contributed by atoms with Crippen LogP contribution in [0, 0.1) is 5.92 Å². The Kier molecular flexibility index (Phi) is 8.35. The number of halogens is 1. The zero-order valence-electron chi connectivity index (χ0n) is 13.2. The minimum atomic E-state index is -3.04. The molecule has 1 heterocycles. The molecule has 1 fully saturated rings. The number of carbonyl (C=O) groups excluding carboxylic acids is 2. The molecule has 130 valence electrons. The van der Waals surface area contributed by atoms with Gasteiger partial charge in [0.2, 0.25) is 11.8 Å². The first-order valence-electron chi connectivity index (χ1n) is 7.21. The van der Waals surface area contributed by atoms with Gasteiger partial charge in [-0.25, -0.2) is 8.42 Å². The van der Waals surface area contributed by atoms with Gasteiger partial charge in [-0.05, 0) is 19.3 Å². The quantitative estimate of drug-likeness (QED) is 0.670. The fraction of sp³-hybridized carbons (Fsp3) is 0.846. The molecule has 0 aromatic rings. The standard InChI is InChI=1S/C13H25N3O4S.ClH/c1-4-16(10-5-6-21(19,20)8-10)11(17)7-15-13(18)12(14)9(2)3;/h9-10,12H,4-8,14H2,1-3H3,(H,15,18);1H/t10?,12-;/m0./s1. The fourth-order valence-electron chi connectivity index (χ4n) is 2.34. The van der Waals surface area contributed by atoms with E-state index in [0.29, 0.717) is 13.0 Å². The first kappa shape index (κ1) is 21.1. The Morgan fingerprint density at radius 2 is 1.95 bits per heavy atom. The first-order chi connectivity index (χ1) is 9.68. The van der Waals surface area contributed by atoms with Crippen molar-refractivity contribution in [3.05, 3.63) is 0 Å². The number of sulfone groups is 1. The molecule has 0 bridgehead atoms. The Balaban J connectivity index is 0.00000441. The van der Waals surface area contributed by atoms with Crippen molar-refractivity contribution in [1.82, 2.24) is 10.2 Å². The second-order valence-corrected chi connectivity index (χ2v) is 7.95. The summed E-state index contributed by atoms with van der Waals surface area (Å²) < 4.78 is 23.0. The SMILES string of the molecule is CCN(C(=O)CNC(=O)[C@@H](N)C(C)C)C1CCS(=O)(=O)C1.Cl. The topological polar surface area (TPSA) is 110 Å². The average molecular weight is 356 g/mol. The summed E-state index contributed by atoms with van der Waals surface area (Å²) in [6.07, 6.45) is 0.460. The van der Waals surface area contributed by atoms with Crippen molar-refractivity contribution < 1.29 is 18.0 Å². The lowest BCUT2D eigenvalue weighted by atomic mass is 10.1. The minimum absolute atomic E-state index is 0. The van der Waals surface area contributed by atoms with E-state index in [1.165, 1.54) is 4.90 Å². The van der Waals surface area contributed by atoms with Gasteiger partial charge in [-0.1, -0.05) is 13.8 Å². The van der Waals surface area contributed by atoms with Gasteiger partial charge in [-0.3, -0.25) is 9.59 Å². The van der Waals surface area contributed by atoms with E-state index in [0.717, 1.165) is 0 Å². The summed E-state index contributed by atoms with van der Waals surface area (Å²) in [6.45, 7) is 5.72. The predicted molar refractivity (Wildman–Crippen MR) is 87.5 cm³/mol. The van der Waals surface area contributed by atoms with E-state index in [4.69, 9.17) is 5.73 Å². The average Bonchev–Trinajstić information content (AvgIpc) is 2.75. The summed E-state index contributed by atoms with van der Waals surface area (Å²) in [6, 6.07) is -0.942. The maximum absolute atomic E-state index is 12.1. The van der Waals surface area contributed by atoms with Crippen molar-refractivity contribution in [2.75, 3.05) is 24.6 Å². The number of nitrogens with zero attached hydrogens (tertiary/aromatic N) is 1. The summed E-state index contributed by atoms with van der Waals surface area (Å²) in [5, 5.41) is 2.52. The Labute approximate surface area is 138 Å². The van der Waals surface area contributed by atoms with Gasteiger partial charge in [0.05, 0.1) is 24.1 Å². The third kappa shape index (κ3) is 5.73. The van der Waals surface area contributed by atoms with Crippen molar-refractivity contribution >= 4 is 34.1 Å². The maximum atomic E-state index is 12.1. The number of amides is 2. The van der Waals surface area contributed by atoms with Crippen LogP contribution in [-0.2, 0) is 19.4 Å². The molecule has 2 atom stereocenters. The molecule has 3 N–H and O–H groups in total. The van der Waals surface area contributed by atoms with E-state index in [-0.39, 0.29) is 54.2 Å². The van der Waals surface area contributed by atoms with E-state index in [9.17, 15) is 18.0 Å². The molecule has 1 aliphatic rings. The molecule has 7 nitrogen and oxygen atoms in total.